The van der Waals surface area contributed by atoms with Gasteiger partial charge in [-0.25, -0.2) is 4.39 Å². The first-order valence-electron chi connectivity index (χ1n) is 5.98. The zero-order valence-corrected chi connectivity index (χ0v) is 10.8. The Morgan fingerprint density at radius 1 is 1.11 bits per heavy atom. The molecule has 100 valence electrons. The molecule has 2 rings (SSSR count). The third-order valence-corrected chi connectivity index (χ3v) is 2.76. The van der Waals surface area contributed by atoms with Crippen molar-refractivity contribution in [3.8, 4) is 11.5 Å². The lowest BCUT2D eigenvalue weighted by molar-refractivity contribution is 0.414. The molecule has 0 amide bonds. The molecule has 4 heteroatoms. The lowest BCUT2D eigenvalue weighted by atomic mass is 10.1. The van der Waals surface area contributed by atoms with Crippen LogP contribution < -0.4 is 10.1 Å². The van der Waals surface area contributed by atoms with Gasteiger partial charge in [0.1, 0.15) is 5.75 Å². The third kappa shape index (κ3) is 3.09. The molecule has 1 N–H and O–H groups in total. The van der Waals surface area contributed by atoms with Crippen molar-refractivity contribution in [2.45, 2.75) is 13.5 Å². The van der Waals surface area contributed by atoms with Gasteiger partial charge in [0.25, 0.3) is 0 Å². The van der Waals surface area contributed by atoms with Crippen molar-refractivity contribution in [3.05, 3.63) is 59.2 Å². The van der Waals surface area contributed by atoms with Crippen LogP contribution in [0, 0.1) is 18.6 Å². The fourth-order valence-corrected chi connectivity index (χ4v) is 1.82. The molecule has 0 unspecified atom stereocenters. The summed E-state index contributed by atoms with van der Waals surface area (Å²) in [5.74, 6) is -1.48. The summed E-state index contributed by atoms with van der Waals surface area (Å²) in [6, 6.07) is 9.47. The zero-order valence-electron chi connectivity index (χ0n) is 10.8. The van der Waals surface area contributed by atoms with Gasteiger partial charge in [-0.15, -0.1) is 0 Å². The molecule has 0 aliphatic rings. The number of rotatable bonds is 4. The highest BCUT2D eigenvalue weighted by atomic mass is 19.2. The lowest BCUT2D eigenvalue weighted by Crippen LogP contribution is -2.05. The van der Waals surface area contributed by atoms with Crippen molar-refractivity contribution in [3.63, 3.8) is 0 Å². The van der Waals surface area contributed by atoms with E-state index < -0.39 is 11.6 Å². The molecule has 0 fully saturated rings. The van der Waals surface area contributed by atoms with E-state index in [1.165, 1.54) is 12.1 Å². The molecule has 19 heavy (non-hydrogen) atoms. The van der Waals surface area contributed by atoms with Gasteiger partial charge in [-0.05, 0) is 43.3 Å². The van der Waals surface area contributed by atoms with Gasteiger partial charge in [0.2, 0.25) is 5.82 Å². The normalized spacial score (nSPS) is 10.5. The van der Waals surface area contributed by atoms with E-state index in [0.717, 1.165) is 23.7 Å². The monoisotopic (exact) mass is 263 g/mol. The van der Waals surface area contributed by atoms with E-state index in [4.69, 9.17) is 4.74 Å². The SMILES string of the molecule is CNCc1ccc(Oc2cccc(F)c2F)c(C)c1. The molecular formula is C15H15F2NO. The van der Waals surface area contributed by atoms with Crippen LogP contribution in [-0.4, -0.2) is 7.05 Å². The zero-order chi connectivity index (χ0) is 13.8. The summed E-state index contributed by atoms with van der Waals surface area (Å²) in [4.78, 5) is 0. The number of hydrogen-bond donors (Lipinski definition) is 1. The minimum absolute atomic E-state index is 0.107. The van der Waals surface area contributed by atoms with Gasteiger partial charge in [-0.3, -0.25) is 0 Å². The van der Waals surface area contributed by atoms with Crippen molar-refractivity contribution < 1.29 is 13.5 Å². The van der Waals surface area contributed by atoms with Gasteiger partial charge in [0.15, 0.2) is 11.6 Å². The van der Waals surface area contributed by atoms with Crippen LogP contribution in [0.15, 0.2) is 36.4 Å². The van der Waals surface area contributed by atoms with Crippen LogP contribution in [0.3, 0.4) is 0 Å². The molecule has 0 bridgehead atoms. The standard InChI is InChI=1S/C15H15F2NO/c1-10-8-11(9-18-2)6-7-13(10)19-14-5-3-4-12(16)15(14)17/h3-8,18H,9H2,1-2H3. The number of benzene rings is 2. The van der Waals surface area contributed by atoms with Gasteiger partial charge in [-0.2, -0.15) is 4.39 Å². The van der Waals surface area contributed by atoms with Crippen molar-refractivity contribution in [2.24, 2.45) is 0 Å². The number of aryl methyl sites for hydroxylation is 1. The molecule has 0 aromatic heterocycles. The van der Waals surface area contributed by atoms with Crippen LogP contribution in [0.2, 0.25) is 0 Å². The van der Waals surface area contributed by atoms with Gasteiger partial charge in [0, 0.05) is 6.54 Å². The average molecular weight is 263 g/mol. The summed E-state index contributed by atoms with van der Waals surface area (Å²) in [7, 11) is 1.86. The molecule has 2 aromatic carbocycles. The first kappa shape index (κ1) is 13.5. The Morgan fingerprint density at radius 3 is 2.58 bits per heavy atom. The molecule has 2 aromatic rings. The van der Waals surface area contributed by atoms with Crippen molar-refractivity contribution in [1.29, 1.82) is 0 Å². The van der Waals surface area contributed by atoms with Gasteiger partial charge >= 0.3 is 0 Å². The van der Waals surface area contributed by atoms with Crippen molar-refractivity contribution in [2.75, 3.05) is 7.05 Å². The summed E-state index contributed by atoms with van der Waals surface area (Å²) < 4.78 is 32.0. The Kier molecular flexibility index (Phi) is 4.12. The van der Waals surface area contributed by atoms with Crippen LogP contribution in [0.5, 0.6) is 11.5 Å². The Hall–Kier alpha value is -1.94. The second kappa shape index (κ2) is 5.80. The highest BCUT2D eigenvalue weighted by Gasteiger charge is 2.11. The summed E-state index contributed by atoms with van der Waals surface area (Å²) in [6.07, 6.45) is 0. The van der Waals surface area contributed by atoms with Gasteiger partial charge in [0.05, 0.1) is 0 Å². The Labute approximate surface area is 111 Å². The number of nitrogens with one attached hydrogen (secondary N) is 1. The molecule has 0 spiro atoms. The maximum atomic E-state index is 13.5. The van der Waals surface area contributed by atoms with Crippen molar-refractivity contribution >= 4 is 0 Å². The maximum Gasteiger partial charge on any atom is 0.201 e. The summed E-state index contributed by atoms with van der Waals surface area (Å²) in [5.41, 5.74) is 1.98. The molecule has 0 atom stereocenters. The van der Waals surface area contributed by atoms with E-state index in [1.807, 2.05) is 26.1 Å². The van der Waals surface area contributed by atoms with E-state index >= 15 is 0 Å². The van der Waals surface area contributed by atoms with E-state index in [1.54, 1.807) is 6.07 Å². The highest BCUT2D eigenvalue weighted by Crippen LogP contribution is 2.28. The van der Waals surface area contributed by atoms with E-state index in [2.05, 4.69) is 5.32 Å². The number of ether oxygens (including phenoxy) is 1. The van der Waals surface area contributed by atoms with E-state index in [-0.39, 0.29) is 5.75 Å². The summed E-state index contributed by atoms with van der Waals surface area (Å²) >= 11 is 0. The molecule has 0 aliphatic carbocycles. The third-order valence-electron chi connectivity index (χ3n) is 2.76. The molecule has 2 nitrogen and oxygen atoms in total. The second-order valence-corrected chi connectivity index (χ2v) is 4.28. The van der Waals surface area contributed by atoms with Crippen LogP contribution in [-0.2, 0) is 6.54 Å². The van der Waals surface area contributed by atoms with Crippen LogP contribution >= 0.6 is 0 Å². The smallest absolute Gasteiger partial charge is 0.201 e. The lowest BCUT2D eigenvalue weighted by Gasteiger charge is -2.11. The van der Waals surface area contributed by atoms with Crippen molar-refractivity contribution in [1.82, 2.24) is 5.32 Å². The van der Waals surface area contributed by atoms with Gasteiger partial charge < -0.3 is 10.1 Å². The van der Waals surface area contributed by atoms with Crippen LogP contribution in [0.4, 0.5) is 8.78 Å². The molecule has 0 heterocycles. The first-order chi connectivity index (χ1) is 9.11. The topological polar surface area (TPSA) is 21.3 Å². The van der Waals surface area contributed by atoms with E-state index in [0.29, 0.717) is 5.75 Å². The Balaban J connectivity index is 2.26. The second-order valence-electron chi connectivity index (χ2n) is 4.28. The quantitative estimate of drug-likeness (QED) is 0.906. The van der Waals surface area contributed by atoms with E-state index in [9.17, 15) is 8.78 Å². The van der Waals surface area contributed by atoms with Gasteiger partial charge in [-0.1, -0.05) is 18.2 Å². The Morgan fingerprint density at radius 2 is 1.89 bits per heavy atom. The molecule has 0 saturated heterocycles. The molecule has 0 aliphatic heterocycles. The largest absolute Gasteiger partial charge is 0.454 e. The molecule has 0 radical (unpaired) electrons. The fraction of sp³-hybridized carbons (Fsp3) is 0.200. The predicted molar refractivity (Wildman–Crippen MR) is 70.4 cm³/mol. The number of halogens is 2. The fourth-order valence-electron chi connectivity index (χ4n) is 1.82. The number of hydrogen-bond acceptors (Lipinski definition) is 2. The highest BCUT2D eigenvalue weighted by molar-refractivity contribution is 5.40. The predicted octanol–water partition coefficient (Wildman–Crippen LogP) is 3.78. The molecular weight excluding hydrogens is 248 g/mol. The minimum atomic E-state index is -0.971. The van der Waals surface area contributed by atoms with Crippen LogP contribution in [0.1, 0.15) is 11.1 Å². The molecule has 0 saturated carbocycles. The summed E-state index contributed by atoms with van der Waals surface area (Å²) in [5, 5.41) is 3.05. The summed E-state index contributed by atoms with van der Waals surface area (Å²) in [6.45, 7) is 2.61. The first-order valence-corrected chi connectivity index (χ1v) is 5.98. The maximum absolute atomic E-state index is 13.5. The average Bonchev–Trinajstić information content (AvgIpc) is 2.38. The Bertz CT molecular complexity index is 584. The van der Waals surface area contributed by atoms with Crippen LogP contribution in [0.25, 0.3) is 0 Å². The minimum Gasteiger partial charge on any atom is -0.454 e.